The van der Waals surface area contributed by atoms with Gasteiger partial charge in [-0.25, -0.2) is 9.97 Å². The van der Waals surface area contributed by atoms with E-state index in [1.54, 1.807) is 0 Å². The van der Waals surface area contributed by atoms with Crippen molar-refractivity contribution in [3.8, 4) is 0 Å². The summed E-state index contributed by atoms with van der Waals surface area (Å²) >= 11 is 0. The Bertz CT molecular complexity index is 439. The van der Waals surface area contributed by atoms with E-state index in [-0.39, 0.29) is 12.5 Å². The molecular formula is C16H27N3O. The van der Waals surface area contributed by atoms with E-state index in [9.17, 15) is 5.11 Å². The number of anilines is 1. The number of aliphatic hydroxyl groups excluding tert-OH is 1. The van der Waals surface area contributed by atoms with Gasteiger partial charge in [-0.15, -0.1) is 0 Å². The maximum absolute atomic E-state index is 9.60. The maximum atomic E-state index is 9.60. The van der Waals surface area contributed by atoms with Crippen molar-refractivity contribution < 1.29 is 5.11 Å². The molecule has 0 atom stereocenters. The highest BCUT2D eigenvalue weighted by Gasteiger charge is 2.24. The zero-order valence-corrected chi connectivity index (χ0v) is 13.1. The van der Waals surface area contributed by atoms with E-state index in [4.69, 9.17) is 0 Å². The van der Waals surface area contributed by atoms with Gasteiger partial charge in [0.25, 0.3) is 0 Å². The molecule has 2 rings (SSSR count). The van der Waals surface area contributed by atoms with Gasteiger partial charge in [0.1, 0.15) is 5.82 Å². The first-order valence-corrected chi connectivity index (χ1v) is 7.72. The third-order valence-corrected chi connectivity index (χ3v) is 4.44. The fourth-order valence-corrected chi connectivity index (χ4v) is 2.94. The summed E-state index contributed by atoms with van der Waals surface area (Å²) in [5.74, 6) is 1.94. The molecular weight excluding hydrogens is 250 g/mol. The van der Waals surface area contributed by atoms with E-state index in [2.05, 4.69) is 42.7 Å². The van der Waals surface area contributed by atoms with Crippen molar-refractivity contribution >= 4 is 5.69 Å². The third-order valence-electron chi connectivity index (χ3n) is 4.44. The monoisotopic (exact) mass is 277 g/mol. The molecule has 1 fully saturated rings. The predicted molar refractivity (Wildman–Crippen MR) is 81.9 cm³/mol. The van der Waals surface area contributed by atoms with Crippen molar-refractivity contribution in [1.29, 1.82) is 0 Å². The second kappa shape index (κ2) is 6.53. The molecule has 1 N–H and O–H groups in total. The average molecular weight is 277 g/mol. The standard InChI is InChI=1S/C16H27N3O/c1-11(2)16-17-9-15(14(10-20)18-16)19(4)13-7-5-12(3)6-8-13/h9,11-13,20H,5-8,10H2,1-4H3. The van der Waals surface area contributed by atoms with Crippen LogP contribution in [0.5, 0.6) is 0 Å². The summed E-state index contributed by atoms with van der Waals surface area (Å²) in [4.78, 5) is 11.2. The molecule has 0 unspecified atom stereocenters. The fraction of sp³-hybridized carbons (Fsp3) is 0.750. The van der Waals surface area contributed by atoms with E-state index in [1.807, 2.05) is 6.20 Å². The van der Waals surface area contributed by atoms with Crippen molar-refractivity contribution in [2.45, 2.75) is 65.0 Å². The van der Waals surface area contributed by atoms with Gasteiger partial charge < -0.3 is 10.0 Å². The van der Waals surface area contributed by atoms with E-state index >= 15 is 0 Å². The average Bonchev–Trinajstić information content (AvgIpc) is 2.46. The molecule has 20 heavy (non-hydrogen) atoms. The molecule has 0 spiro atoms. The lowest BCUT2D eigenvalue weighted by molar-refractivity contribution is 0.275. The lowest BCUT2D eigenvalue weighted by Gasteiger charge is -2.35. The van der Waals surface area contributed by atoms with Gasteiger partial charge in [-0.05, 0) is 31.6 Å². The molecule has 112 valence electrons. The fourth-order valence-electron chi connectivity index (χ4n) is 2.94. The summed E-state index contributed by atoms with van der Waals surface area (Å²) in [6.45, 7) is 6.45. The smallest absolute Gasteiger partial charge is 0.131 e. The Labute approximate surface area is 122 Å². The van der Waals surface area contributed by atoms with Gasteiger partial charge in [0.15, 0.2) is 0 Å². The highest BCUT2D eigenvalue weighted by atomic mass is 16.3. The molecule has 0 aromatic carbocycles. The van der Waals surface area contributed by atoms with Gasteiger partial charge in [0.2, 0.25) is 0 Å². The van der Waals surface area contributed by atoms with Crippen LogP contribution in [0.2, 0.25) is 0 Å². The number of hydrogen-bond acceptors (Lipinski definition) is 4. The molecule has 4 heteroatoms. The molecule has 1 aliphatic carbocycles. The van der Waals surface area contributed by atoms with Gasteiger partial charge in [-0.1, -0.05) is 20.8 Å². The highest BCUT2D eigenvalue weighted by molar-refractivity contribution is 5.49. The Morgan fingerprint density at radius 2 is 1.95 bits per heavy atom. The SMILES string of the molecule is CC1CCC(N(C)c2cnc(C(C)C)nc2CO)CC1. The minimum atomic E-state index is -0.0228. The maximum Gasteiger partial charge on any atom is 0.131 e. The molecule has 1 saturated carbocycles. The van der Waals surface area contributed by atoms with Crippen molar-refractivity contribution in [3.05, 3.63) is 17.7 Å². The Kier molecular flexibility index (Phi) is 4.97. The van der Waals surface area contributed by atoms with E-state index < -0.39 is 0 Å². The number of nitrogens with zero attached hydrogens (tertiary/aromatic N) is 3. The quantitative estimate of drug-likeness (QED) is 0.918. The van der Waals surface area contributed by atoms with Gasteiger partial charge in [0.05, 0.1) is 24.2 Å². The van der Waals surface area contributed by atoms with Crippen LogP contribution in [0.15, 0.2) is 6.20 Å². The van der Waals surface area contributed by atoms with Crippen molar-refractivity contribution in [2.75, 3.05) is 11.9 Å². The second-order valence-electron chi connectivity index (χ2n) is 6.40. The van der Waals surface area contributed by atoms with Crippen molar-refractivity contribution in [3.63, 3.8) is 0 Å². The number of aromatic nitrogens is 2. The van der Waals surface area contributed by atoms with Crippen LogP contribution in [0.4, 0.5) is 5.69 Å². The Balaban J connectivity index is 2.18. The molecule has 0 amide bonds. The number of rotatable bonds is 4. The normalized spacial score (nSPS) is 23.1. The van der Waals surface area contributed by atoms with Gasteiger partial charge in [0, 0.05) is 19.0 Å². The van der Waals surface area contributed by atoms with Gasteiger partial charge in [-0.3, -0.25) is 0 Å². The summed E-state index contributed by atoms with van der Waals surface area (Å²) < 4.78 is 0. The first kappa shape index (κ1) is 15.2. The Morgan fingerprint density at radius 3 is 2.50 bits per heavy atom. The van der Waals surface area contributed by atoms with Crippen molar-refractivity contribution in [1.82, 2.24) is 9.97 Å². The lowest BCUT2D eigenvalue weighted by atomic mass is 9.86. The molecule has 0 saturated heterocycles. The lowest BCUT2D eigenvalue weighted by Crippen LogP contribution is -2.35. The summed E-state index contributed by atoms with van der Waals surface area (Å²) in [7, 11) is 2.10. The van der Waals surface area contributed by atoms with Gasteiger partial charge in [-0.2, -0.15) is 0 Å². The van der Waals surface area contributed by atoms with Crippen LogP contribution >= 0.6 is 0 Å². The molecule has 1 aliphatic rings. The summed E-state index contributed by atoms with van der Waals surface area (Å²) in [6, 6.07) is 0.546. The number of aliphatic hydroxyl groups is 1. The molecule has 1 aromatic rings. The van der Waals surface area contributed by atoms with Gasteiger partial charge >= 0.3 is 0 Å². The molecule has 1 heterocycles. The minimum absolute atomic E-state index is 0.0228. The van der Waals surface area contributed by atoms with Crippen LogP contribution in [0.3, 0.4) is 0 Å². The highest BCUT2D eigenvalue weighted by Crippen LogP contribution is 2.30. The Morgan fingerprint density at radius 1 is 1.30 bits per heavy atom. The predicted octanol–water partition coefficient (Wildman–Crippen LogP) is 3.11. The summed E-state index contributed by atoms with van der Waals surface area (Å²) in [5, 5.41) is 9.60. The summed E-state index contributed by atoms with van der Waals surface area (Å²) in [6.07, 6.45) is 6.89. The first-order chi connectivity index (χ1) is 9.52. The minimum Gasteiger partial charge on any atom is -0.390 e. The molecule has 0 aliphatic heterocycles. The van der Waals surface area contributed by atoms with Crippen LogP contribution in [-0.2, 0) is 6.61 Å². The topological polar surface area (TPSA) is 49.2 Å². The zero-order chi connectivity index (χ0) is 14.7. The molecule has 1 aromatic heterocycles. The van der Waals surface area contributed by atoms with Crippen LogP contribution in [0, 0.1) is 5.92 Å². The van der Waals surface area contributed by atoms with E-state index in [1.165, 1.54) is 25.7 Å². The van der Waals surface area contributed by atoms with E-state index in [0.717, 1.165) is 23.1 Å². The van der Waals surface area contributed by atoms with E-state index in [0.29, 0.717) is 6.04 Å². The third kappa shape index (κ3) is 3.29. The number of hydrogen-bond donors (Lipinski definition) is 1. The largest absolute Gasteiger partial charge is 0.390 e. The molecule has 0 bridgehead atoms. The first-order valence-electron chi connectivity index (χ1n) is 7.72. The van der Waals surface area contributed by atoms with Crippen LogP contribution in [0.1, 0.15) is 63.9 Å². The van der Waals surface area contributed by atoms with Crippen LogP contribution < -0.4 is 4.90 Å². The molecule has 4 nitrogen and oxygen atoms in total. The second-order valence-corrected chi connectivity index (χ2v) is 6.40. The zero-order valence-electron chi connectivity index (χ0n) is 13.1. The Hall–Kier alpha value is -1.16. The summed E-state index contributed by atoms with van der Waals surface area (Å²) in [5.41, 5.74) is 1.74. The molecule has 0 radical (unpaired) electrons. The van der Waals surface area contributed by atoms with Crippen LogP contribution in [-0.4, -0.2) is 28.2 Å². The van der Waals surface area contributed by atoms with Crippen molar-refractivity contribution in [2.24, 2.45) is 5.92 Å². The van der Waals surface area contributed by atoms with Crippen LogP contribution in [0.25, 0.3) is 0 Å².